The first-order chi connectivity index (χ1) is 28.2. The number of hydrogen-bond donors (Lipinski definition) is 0. The molecule has 1 aromatic heterocycles. The summed E-state index contributed by atoms with van der Waals surface area (Å²) < 4.78 is 2.46. The van der Waals surface area contributed by atoms with Crippen molar-refractivity contribution in [1.29, 1.82) is 0 Å². The van der Waals surface area contributed by atoms with Gasteiger partial charge in [0.1, 0.15) is 0 Å². The van der Waals surface area contributed by atoms with Crippen molar-refractivity contribution in [3.05, 3.63) is 212 Å². The quantitative estimate of drug-likeness (QED) is 0.165. The summed E-state index contributed by atoms with van der Waals surface area (Å²) in [5, 5.41) is 10.2. The molecule has 0 radical (unpaired) electrons. The second-order valence-electron chi connectivity index (χ2n) is 15.4. The van der Waals surface area contributed by atoms with Crippen molar-refractivity contribution >= 4 is 71.2 Å². The normalized spacial score (nSPS) is 15.5. The summed E-state index contributed by atoms with van der Waals surface area (Å²) >= 11 is 0. The molecule has 270 valence electrons. The molecule has 1 aliphatic rings. The van der Waals surface area contributed by atoms with Gasteiger partial charge in [0.2, 0.25) is 0 Å². The summed E-state index contributed by atoms with van der Waals surface area (Å²) in [5.41, 5.74) is 10.9. The molecular weight excluding hydrogens is 689 g/mol. The minimum absolute atomic E-state index is 0.0979. The van der Waals surface area contributed by atoms with Gasteiger partial charge in [-0.1, -0.05) is 165 Å². The molecule has 0 N–H and O–H groups in total. The fourth-order valence-electron chi connectivity index (χ4n) is 9.14. The van der Waals surface area contributed by atoms with Gasteiger partial charge in [-0.05, 0) is 109 Å². The van der Waals surface area contributed by atoms with Crippen LogP contribution < -0.4 is 4.90 Å². The van der Waals surface area contributed by atoms with Crippen LogP contribution in [0.1, 0.15) is 6.92 Å². The lowest BCUT2D eigenvalue weighted by molar-refractivity contribution is 0.609. The highest BCUT2D eigenvalue weighted by molar-refractivity contribution is 6.21. The smallest absolute Gasteiger partial charge is 0.0586 e. The molecule has 0 amide bonds. The van der Waals surface area contributed by atoms with E-state index in [1.54, 1.807) is 0 Å². The number of aromatic nitrogens is 1. The van der Waals surface area contributed by atoms with Gasteiger partial charge < -0.3 is 9.47 Å². The van der Waals surface area contributed by atoms with E-state index >= 15 is 0 Å². The highest BCUT2D eigenvalue weighted by Gasteiger charge is 2.27. The Morgan fingerprint density at radius 3 is 1.51 bits per heavy atom. The Kier molecular flexibility index (Phi) is 7.89. The number of hydrogen-bond acceptors (Lipinski definition) is 1. The topological polar surface area (TPSA) is 8.17 Å². The zero-order valence-electron chi connectivity index (χ0n) is 31.8. The molecule has 0 spiro atoms. The Hall–Kier alpha value is -7.16. The highest BCUT2D eigenvalue weighted by atomic mass is 15.2. The maximum Gasteiger partial charge on any atom is 0.0586 e. The van der Waals surface area contributed by atoms with Gasteiger partial charge >= 0.3 is 0 Å². The Morgan fingerprint density at radius 1 is 0.421 bits per heavy atom. The van der Waals surface area contributed by atoms with Crippen LogP contribution in [-0.2, 0) is 0 Å². The van der Waals surface area contributed by atoms with E-state index in [0.29, 0.717) is 0 Å². The van der Waals surface area contributed by atoms with E-state index < -0.39 is 0 Å². The summed E-state index contributed by atoms with van der Waals surface area (Å²) in [7, 11) is 0. The Balaban J connectivity index is 0.991. The first-order valence-electron chi connectivity index (χ1n) is 20.0. The molecular formula is C55H40N2. The summed E-state index contributed by atoms with van der Waals surface area (Å²) in [4.78, 5) is 2.52. The first-order valence-corrected chi connectivity index (χ1v) is 20.0. The zero-order valence-corrected chi connectivity index (χ0v) is 31.8. The van der Waals surface area contributed by atoms with Crippen LogP contribution in [-0.4, -0.2) is 10.6 Å². The van der Waals surface area contributed by atoms with Gasteiger partial charge in [-0.3, -0.25) is 0 Å². The van der Waals surface area contributed by atoms with Gasteiger partial charge in [0, 0.05) is 33.8 Å². The minimum Gasteiger partial charge on any atom is -0.334 e. The van der Waals surface area contributed by atoms with Crippen LogP contribution >= 0.6 is 0 Å². The molecule has 2 atom stereocenters. The lowest BCUT2D eigenvalue weighted by Crippen LogP contribution is -2.35. The largest absolute Gasteiger partial charge is 0.334 e. The molecule has 2 heteroatoms. The molecule has 9 aromatic carbocycles. The summed E-state index contributed by atoms with van der Waals surface area (Å²) in [6, 6.07) is 71.2. The van der Waals surface area contributed by atoms with Gasteiger partial charge in [0.25, 0.3) is 0 Å². The third kappa shape index (κ3) is 5.72. The number of benzene rings is 9. The Morgan fingerprint density at radius 2 is 0.912 bits per heavy atom. The van der Waals surface area contributed by atoms with Crippen LogP contribution in [0, 0.1) is 5.92 Å². The van der Waals surface area contributed by atoms with Crippen molar-refractivity contribution in [2.24, 2.45) is 5.92 Å². The molecule has 57 heavy (non-hydrogen) atoms. The molecule has 0 aliphatic heterocycles. The predicted molar refractivity (Wildman–Crippen MR) is 244 cm³/mol. The SMILES string of the molecule is CC1C=C(n2c3ccccc3c3c4ccccc4ccc32)C=CC1N(c1ccc(-c2ccc3ccccc3c2)cc1)c1ccc(-c2ccc3ccccc3c2)cc1. The molecule has 0 saturated carbocycles. The fourth-order valence-corrected chi connectivity index (χ4v) is 9.14. The summed E-state index contributed by atoms with van der Waals surface area (Å²) in [5.74, 6) is 0.210. The molecule has 2 unspecified atom stereocenters. The molecule has 0 fully saturated rings. The Bertz CT molecular complexity index is 3080. The standard InChI is InChI=1S/C55H40N2/c1-37-34-49(57-53-17-9-8-16-51(53)55-50-15-7-6-12-42(50)26-32-54(55)57)31-33-52(37)56(47-27-22-40(23-28-47)45-20-18-38-10-2-4-13-43(38)35-45)48-29-24-41(25-30-48)46-21-19-39-11-3-5-14-44(39)36-46/h2-37,52H,1H3. The number of rotatable bonds is 6. The van der Waals surface area contributed by atoms with Gasteiger partial charge in [-0.15, -0.1) is 0 Å². The lowest BCUT2D eigenvalue weighted by Gasteiger charge is -2.37. The van der Waals surface area contributed by atoms with Crippen molar-refractivity contribution < 1.29 is 0 Å². The average molecular weight is 729 g/mol. The third-order valence-corrected chi connectivity index (χ3v) is 12.0. The molecule has 1 heterocycles. The number of para-hydroxylation sites is 1. The number of nitrogens with zero attached hydrogens (tertiary/aromatic N) is 2. The second kappa shape index (κ2) is 13.5. The van der Waals surface area contributed by atoms with E-state index in [9.17, 15) is 0 Å². The Labute approximate surface area is 332 Å². The molecule has 0 bridgehead atoms. The molecule has 0 saturated heterocycles. The molecule has 11 rings (SSSR count). The van der Waals surface area contributed by atoms with Gasteiger partial charge in [0.05, 0.1) is 17.1 Å². The van der Waals surface area contributed by atoms with Crippen LogP contribution in [0.15, 0.2) is 212 Å². The van der Waals surface area contributed by atoms with Crippen molar-refractivity contribution in [3.8, 4) is 22.3 Å². The number of anilines is 2. The third-order valence-electron chi connectivity index (χ3n) is 12.0. The van der Waals surface area contributed by atoms with E-state index in [1.165, 1.54) is 93.4 Å². The van der Waals surface area contributed by atoms with Crippen LogP contribution in [0.4, 0.5) is 11.4 Å². The van der Waals surface area contributed by atoms with Crippen LogP contribution in [0.5, 0.6) is 0 Å². The van der Waals surface area contributed by atoms with Crippen molar-refractivity contribution in [1.82, 2.24) is 4.57 Å². The molecule has 2 nitrogen and oxygen atoms in total. The predicted octanol–water partition coefficient (Wildman–Crippen LogP) is 14.8. The maximum absolute atomic E-state index is 2.52. The van der Waals surface area contributed by atoms with E-state index in [1.807, 2.05) is 0 Å². The second-order valence-corrected chi connectivity index (χ2v) is 15.4. The monoisotopic (exact) mass is 728 g/mol. The summed E-state index contributed by atoms with van der Waals surface area (Å²) in [6.45, 7) is 2.36. The van der Waals surface area contributed by atoms with E-state index in [2.05, 4.69) is 229 Å². The number of allylic oxidation sites excluding steroid dienone is 2. The van der Waals surface area contributed by atoms with E-state index in [0.717, 1.165) is 0 Å². The van der Waals surface area contributed by atoms with Crippen molar-refractivity contribution in [3.63, 3.8) is 0 Å². The molecule has 1 aliphatic carbocycles. The minimum atomic E-state index is 0.0979. The van der Waals surface area contributed by atoms with Gasteiger partial charge in [-0.2, -0.15) is 0 Å². The van der Waals surface area contributed by atoms with E-state index in [4.69, 9.17) is 0 Å². The zero-order chi connectivity index (χ0) is 37.9. The van der Waals surface area contributed by atoms with Crippen molar-refractivity contribution in [2.75, 3.05) is 4.90 Å². The van der Waals surface area contributed by atoms with Crippen molar-refractivity contribution in [2.45, 2.75) is 13.0 Å². The summed E-state index contributed by atoms with van der Waals surface area (Å²) in [6.07, 6.45) is 7.22. The molecule has 10 aromatic rings. The van der Waals surface area contributed by atoms with Crippen LogP contribution in [0.2, 0.25) is 0 Å². The number of fused-ring (bicyclic) bond motifs is 7. The van der Waals surface area contributed by atoms with E-state index in [-0.39, 0.29) is 12.0 Å². The highest BCUT2D eigenvalue weighted by Crippen LogP contribution is 2.41. The lowest BCUT2D eigenvalue weighted by atomic mass is 9.92. The fraction of sp³-hybridized carbons (Fsp3) is 0.0545. The average Bonchev–Trinajstić information content (AvgIpc) is 3.62. The van der Waals surface area contributed by atoms with Gasteiger partial charge in [0.15, 0.2) is 0 Å². The van der Waals surface area contributed by atoms with Crippen LogP contribution in [0.25, 0.3) is 82.1 Å². The van der Waals surface area contributed by atoms with Gasteiger partial charge in [-0.25, -0.2) is 0 Å². The van der Waals surface area contributed by atoms with Crippen LogP contribution in [0.3, 0.4) is 0 Å². The maximum atomic E-state index is 2.52. The first kappa shape index (κ1) is 33.2.